The van der Waals surface area contributed by atoms with E-state index in [4.69, 9.17) is 13.9 Å². The van der Waals surface area contributed by atoms with E-state index < -0.39 is 15.8 Å². The predicted molar refractivity (Wildman–Crippen MR) is 83.4 cm³/mol. The first-order chi connectivity index (χ1) is 11.5. The molecule has 0 aliphatic carbocycles. The normalized spacial score (nSPS) is 13.5. The van der Waals surface area contributed by atoms with Crippen molar-refractivity contribution >= 4 is 21.1 Å². The van der Waals surface area contributed by atoms with Crippen molar-refractivity contribution in [2.45, 2.75) is 11.4 Å². The molecule has 0 saturated carbocycles. The molecule has 1 aliphatic heterocycles. The number of aromatic nitrogens is 1. The van der Waals surface area contributed by atoms with Gasteiger partial charge in [0.15, 0.2) is 17.1 Å². The summed E-state index contributed by atoms with van der Waals surface area (Å²) in [5.41, 5.74) is 1.36. The van der Waals surface area contributed by atoms with Gasteiger partial charge in [-0.25, -0.2) is 17.9 Å². The van der Waals surface area contributed by atoms with Gasteiger partial charge < -0.3 is 13.9 Å². The molecule has 0 bridgehead atoms. The van der Waals surface area contributed by atoms with E-state index in [2.05, 4.69) is 9.71 Å². The molecule has 1 aromatic heterocycles. The van der Waals surface area contributed by atoms with Crippen LogP contribution in [0.5, 0.6) is 11.5 Å². The molecule has 0 radical (unpaired) electrons. The Bertz CT molecular complexity index is 1080. The summed E-state index contributed by atoms with van der Waals surface area (Å²) in [4.78, 5) is 13.6. The van der Waals surface area contributed by atoms with Gasteiger partial charge in [0, 0.05) is 12.6 Å². The van der Waals surface area contributed by atoms with E-state index in [1.807, 2.05) is 0 Å². The van der Waals surface area contributed by atoms with Gasteiger partial charge in [0.2, 0.25) is 16.8 Å². The maximum absolute atomic E-state index is 12.4. The number of benzene rings is 2. The molecule has 124 valence electrons. The van der Waals surface area contributed by atoms with Crippen LogP contribution in [-0.2, 0) is 16.6 Å². The zero-order valence-corrected chi connectivity index (χ0v) is 13.1. The summed E-state index contributed by atoms with van der Waals surface area (Å²) in [6.45, 7) is 0.250. The van der Waals surface area contributed by atoms with Gasteiger partial charge in [-0.2, -0.15) is 0 Å². The van der Waals surface area contributed by atoms with Crippen LogP contribution in [0, 0.1) is 0 Å². The molecule has 4 rings (SSSR count). The number of oxazole rings is 1. The molecule has 9 heteroatoms. The van der Waals surface area contributed by atoms with Gasteiger partial charge in [0.05, 0.1) is 10.4 Å². The summed E-state index contributed by atoms with van der Waals surface area (Å²) in [6.07, 6.45) is 0. The van der Waals surface area contributed by atoms with Crippen molar-refractivity contribution in [3.63, 3.8) is 0 Å². The fraction of sp³-hybridized carbons (Fsp3) is 0.133. The maximum Gasteiger partial charge on any atom is 0.417 e. The van der Waals surface area contributed by atoms with Crippen LogP contribution < -0.4 is 20.0 Å². The highest BCUT2D eigenvalue weighted by Gasteiger charge is 2.17. The van der Waals surface area contributed by atoms with Crippen LogP contribution in [0.1, 0.15) is 5.56 Å². The smallest absolute Gasteiger partial charge is 0.417 e. The van der Waals surface area contributed by atoms with Crippen LogP contribution in [0.2, 0.25) is 0 Å². The van der Waals surface area contributed by atoms with Crippen molar-refractivity contribution < 1.29 is 22.3 Å². The number of rotatable bonds is 4. The van der Waals surface area contributed by atoms with Gasteiger partial charge in [-0.15, -0.1) is 0 Å². The largest absolute Gasteiger partial charge is 0.454 e. The summed E-state index contributed by atoms with van der Waals surface area (Å²) >= 11 is 0. The van der Waals surface area contributed by atoms with Crippen molar-refractivity contribution in [2.24, 2.45) is 0 Å². The van der Waals surface area contributed by atoms with Crippen molar-refractivity contribution in [1.29, 1.82) is 0 Å². The zero-order valence-electron chi connectivity index (χ0n) is 12.2. The Kier molecular flexibility index (Phi) is 3.32. The summed E-state index contributed by atoms with van der Waals surface area (Å²) in [6, 6.07) is 9.39. The SMILES string of the molecule is O=c1[nH]c2ccc(S(=O)(=O)NCc3ccc4c(c3)OCO4)cc2o1. The van der Waals surface area contributed by atoms with Gasteiger partial charge in [-0.1, -0.05) is 6.07 Å². The standard InChI is InChI=1S/C15H12N2O6S/c18-15-17-11-3-2-10(6-13(11)23-15)24(19,20)16-7-9-1-4-12-14(5-9)22-8-21-12/h1-6,16H,7-8H2,(H,17,18). The molecule has 0 amide bonds. The Balaban J connectivity index is 1.56. The number of fused-ring (bicyclic) bond motifs is 2. The third-order valence-corrected chi connectivity index (χ3v) is 5.00. The second-order valence-corrected chi connectivity index (χ2v) is 6.95. The topological polar surface area (TPSA) is 111 Å². The van der Waals surface area contributed by atoms with Gasteiger partial charge in [-0.05, 0) is 29.8 Å². The quantitative estimate of drug-likeness (QED) is 0.736. The van der Waals surface area contributed by atoms with Gasteiger partial charge >= 0.3 is 5.76 Å². The molecule has 24 heavy (non-hydrogen) atoms. The highest BCUT2D eigenvalue weighted by atomic mass is 32.2. The predicted octanol–water partition coefficient (Wildman–Crippen LogP) is 1.33. The number of nitrogens with one attached hydrogen (secondary N) is 2. The minimum atomic E-state index is -3.75. The van der Waals surface area contributed by atoms with E-state index in [0.29, 0.717) is 17.0 Å². The summed E-state index contributed by atoms with van der Waals surface area (Å²) < 4.78 is 42.6. The van der Waals surface area contributed by atoms with Crippen molar-refractivity contribution in [1.82, 2.24) is 9.71 Å². The monoisotopic (exact) mass is 348 g/mol. The number of aromatic amines is 1. The number of hydrogen-bond acceptors (Lipinski definition) is 6. The van der Waals surface area contributed by atoms with Crippen LogP contribution in [0.3, 0.4) is 0 Å². The van der Waals surface area contributed by atoms with Crippen LogP contribution in [0.25, 0.3) is 11.1 Å². The van der Waals surface area contributed by atoms with Crippen LogP contribution in [-0.4, -0.2) is 20.2 Å². The second kappa shape index (κ2) is 5.39. The van der Waals surface area contributed by atoms with Crippen LogP contribution in [0.4, 0.5) is 0 Å². The van der Waals surface area contributed by atoms with Gasteiger partial charge in [0.25, 0.3) is 0 Å². The number of ether oxygens (including phenoxy) is 2. The molecule has 0 atom stereocenters. The van der Waals surface area contributed by atoms with Gasteiger partial charge in [-0.3, -0.25) is 4.98 Å². The van der Waals surface area contributed by atoms with Crippen molar-refractivity contribution in [3.8, 4) is 11.5 Å². The van der Waals surface area contributed by atoms with E-state index in [0.717, 1.165) is 5.56 Å². The van der Waals surface area contributed by atoms with E-state index in [1.54, 1.807) is 18.2 Å². The maximum atomic E-state index is 12.4. The average molecular weight is 348 g/mol. The Hall–Kier alpha value is -2.78. The summed E-state index contributed by atoms with van der Waals surface area (Å²) in [5, 5.41) is 0. The molecular weight excluding hydrogens is 336 g/mol. The third kappa shape index (κ3) is 2.63. The number of sulfonamides is 1. The molecule has 0 fully saturated rings. The summed E-state index contributed by atoms with van der Waals surface area (Å²) in [7, 11) is -3.75. The molecule has 0 unspecified atom stereocenters. The Morgan fingerprint density at radius 3 is 2.79 bits per heavy atom. The highest BCUT2D eigenvalue weighted by molar-refractivity contribution is 7.89. The minimum absolute atomic E-state index is 0.0125. The fourth-order valence-electron chi connectivity index (χ4n) is 2.41. The van der Waals surface area contributed by atoms with Crippen LogP contribution >= 0.6 is 0 Å². The molecule has 2 heterocycles. The van der Waals surface area contributed by atoms with Crippen LogP contribution in [0.15, 0.2) is 50.5 Å². The molecule has 0 saturated heterocycles. The highest BCUT2D eigenvalue weighted by Crippen LogP contribution is 2.32. The lowest BCUT2D eigenvalue weighted by Gasteiger charge is -2.07. The molecule has 3 aromatic rings. The van der Waals surface area contributed by atoms with E-state index in [1.165, 1.54) is 18.2 Å². The molecule has 1 aliphatic rings. The zero-order chi connectivity index (χ0) is 16.7. The number of H-pyrrole nitrogens is 1. The molecule has 0 spiro atoms. The van der Waals surface area contributed by atoms with E-state index in [-0.39, 0.29) is 23.8 Å². The molecule has 8 nitrogen and oxygen atoms in total. The second-order valence-electron chi connectivity index (χ2n) is 5.18. The van der Waals surface area contributed by atoms with Crippen molar-refractivity contribution in [2.75, 3.05) is 6.79 Å². The lowest BCUT2D eigenvalue weighted by atomic mass is 10.2. The number of hydrogen-bond donors (Lipinski definition) is 2. The van der Waals surface area contributed by atoms with E-state index in [9.17, 15) is 13.2 Å². The first-order valence-corrected chi connectivity index (χ1v) is 8.51. The first-order valence-electron chi connectivity index (χ1n) is 7.02. The van der Waals surface area contributed by atoms with Crippen molar-refractivity contribution in [3.05, 3.63) is 52.5 Å². The third-order valence-electron chi connectivity index (χ3n) is 3.61. The minimum Gasteiger partial charge on any atom is -0.454 e. The Labute approximate surface area is 136 Å². The van der Waals surface area contributed by atoms with Gasteiger partial charge in [0.1, 0.15) is 0 Å². The Morgan fingerprint density at radius 2 is 1.92 bits per heavy atom. The van der Waals surface area contributed by atoms with E-state index >= 15 is 0 Å². The average Bonchev–Trinajstić information content (AvgIpc) is 3.16. The molecule has 2 N–H and O–H groups in total. The lowest BCUT2D eigenvalue weighted by Crippen LogP contribution is -2.23. The molecule has 2 aromatic carbocycles. The molecular formula is C15H12N2O6S. The first kappa shape index (κ1) is 14.8. The fourth-order valence-corrected chi connectivity index (χ4v) is 3.44. The Morgan fingerprint density at radius 1 is 1.08 bits per heavy atom. The summed E-state index contributed by atoms with van der Waals surface area (Å²) in [5.74, 6) is 0.588. The lowest BCUT2D eigenvalue weighted by molar-refractivity contribution is 0.174.